The highest BCUT2D eigenvalue weighted by Gasteiger charge is 2.16. The van der Waals surface area contributed by atoms with Crippen LogP contribution in [0.1, 0.15) is 18.9 Å². The number of hydrogen-bond acceptors (Lipinski definition) is 3. The van der Waals surface area contributed by atoms with Crippen molar-refractivity contribution in [2.24, 2.45) is 0 Å². The lowest BCUT2D eigenvalue weighted by Gasteiger charge is -2.06. The van der Waals surface area contributed by atoms with Gasteiger partial charge in [-0.05, 0) is 37.5 Å². The first-order valence-corrected chi connectivity index (χ1v) is 5.85. The molecule has 5 heteroatoms. The maximum Gasteiger partial charge on any atom is 0.267 e. The van der Waals surface area contributed by atoms with E-state index in [9.17, 15) is 8.42 Å². The molecule has 1 aromatic heterocycles. The molecule has 0 aliphatic heterocycles. The SMILES string of the molecule is CC(CCc1ccncc1)S(=O)(=O)O. The van der Waals surface area contributed by atoms with Gasteiger partial charge < -0.3 is 0 Å². The maximum atomic E-state index is 10.7. The van der Waals surface area contributed by atoms with E-state index in [1.165, 1.54) is 6.92 Å². The third kappa shape index (κ3) is 3.43. The molecule has 1 N–H and O–H groups in total. The summed E-state index contributed by atoms with van der Waals surface area (Å²) in [6, 6.07) is 3.66. The van der Waals surface area contributed by atoms with Crippen LogP contribution in [-0.2, 0) is 16.5 Å². The van der Waals surface area contributed by atoms with E-state index in [2.05, 4.69) is 4.98 Å². The number of nitrogens with zero attached hydrogens (tertiary/aromatic N) is 1. The summed E-state index contributed by atoms with van der Waals surface area (Å²) >= 11 is 0. The summed E-state index contributed by atoms with van der Waals surface area (Å²) in [5.74, 6) is 0. The van der Waals surface area contributed by atoms with Gasteiger partial charge in [-0.15, -0.1) is 0 Å². The van der Waals surface area contributed by atoms with Crippen molar-refractivity contribution in [3.05, 3.63) is 30.1 Å². The lowest BCUT2D eigenvalue weighted by Crippen LogP contribution is -2.17. The molecule has 1 unspecified atom stereocenters. The molecular weight excluding hydrogens is 202 g/mol. The Hall–Kier alpha value is -0.940. The highest BCUT2D eigenvalue weighted by atomic mass is 32.2. The molecule has 0 bridgehead atoms. The molecule has 0 aliphatic carbocycles. The predicted molar refractivity (Wildman–Crippen MR) is 53.6 cm³/mol. The normalized spacial score (nSPS) is 13.9. The minimum absolute atomic E-state index is 0.419. The van der Waals surface area contributed by atoms with Gasteiger partial charge >= 0.3 is 0 Å². The predicted octanol–water partition coefficient (Wildman–Crippen LogP) is 1.29. The van der Waals surface area contributed by atoms with Crippen molar-refractivity contribution >= 4 is 10.1 Å². The van der Waals surface area contributed by atoms with Gasteiger partial charge in [0.15, 0.2) is 0 Å². The third-order valence-corrected chi connectivity index (χ3v) is 3.35. The van der Waals surface area contributed by atoms with E-state index in [1.54, 1.807) is 12.4 Å². The summed E-state index contributed by atoms with van der Waals surface area (Å²) in [6.45, 7) is 1.50. The molecule has 1 heterocycles. The molecule has 1 rings (SSSR count). The van der Waals surface area contributed by atoms with Crippen molar-refractivity contribution in [1.29, 1.82) is 0 Å². The number of aryl methyl sites for hydroxylation is 1. The average Bonchev–Trinajstić information content (AvgIpc) is 2.14. The van der Waals surface area contributed by atoms with Gasteiger partial charge in [-0.25, -0.2) is 0 Å². The number of pyridine rings is 1. The Morgan fingerprint density at radius 1 is 1.43 bits per heavy atom. The van der Waals surface area contributed by atoms with Crippen LogP contribution < -0.4 is 0 Å². The Balaban J connectivity index is 2.50. The molecule has 0 aromatic carbocycles. The van der Waals surface area contributed by atoms with E-state index in [4.69, 9.17) is 4.55 Å². The quantitative estimate of drug-likeness (QED) is 0.768. The Morgan fingerprint density at radius 3 is 2.50 bits per heavy atom. The second kappa shape index (κ2) is 4.52. The maximum absolute atomic E-state index is 10.7. The van der Waals surface area contributed by atoms with Crippen molar-refractivity contribution in [2.45, 2.75) is 25.0 Å². The minimum Gasteiger partial charge on any atom is -0.285 e. The zero-order chi connectivity index (χ0) is 10.6. The second-order valence-electron chi connectivity index (χ2n) is 3.22. The van der Waals surface area contributed by atoms with E-state index in [-0.39, 0.29) is 0 Å². The number of aromatic nitrogens is 1. The first-order chi connectivity index (χ1) is 6.50. The van der Waals surface area contributed by atoms with Crippen LogP contribution in [0, 0.1) is 0 Å². The van der Waals surface area contributed by atoms with Gasteiger partial charge in [0.25, 0.3) is 10.1 Å². The molecule has 78 valence electrons. The van der Waals surface area contributed by atoms with Gasteiger partial charge in [-0.3, -0.25) is 9.54 Å². The zero-order valence-electron chi connectivity index (χ0n) is 7.92. The molecule has 1 atom stereocenters. The number of hydrogen-bond donors (Lipinski definition) is 1. The molecule has 1 aromatic rings. The van der Waals surface area contributed by atoms with Crippen LogP contribution in [0.15, 0.2) is 24.5 Å². The summed E-state index contributed by atoms with van der Waals surface area (Å²) in [4.78, 5) is 3.85. The van der Waals surface area contributed by atoms with Gasteiger partial charge in [-0.2, -0.15) is 8.42 Å². The summed E-state index contributed by atoms with van der Waals surface area (Å²) in [7, 11) is -3.89. The molecule has 0 saturated carbocycles. The molecule has 0 spiro atoms. The van der Waals surface area contributed by atoms with E-state index in [0.29, 0.717) is 12.8 Å². The third-order valence-electron chi connectivity index (χ3n) is 2.10. The van der Waals surface area contributed by atoms with Crippen LogP contribution in [0.4, 0.5) is 0 Å². The molecule has 14 heavy (non-hydrogen) atoms. The van der Waals surface area contributed by atoms with Crippen molar-refractivity contribution in [2.75, 3.05) is 0 Å². The minimum atomic E-state index is -3.89. The Bertz CT molecular complexity index is 374. The van der Waals surface area contributed by atoms with E-state index in [1.807, 2.05) is 12.1 Å². The fraction of sp³-hybridized carbons (Fsp3) is 0.444. The Kier molecular flexibility index (Phi) is 3.60. The van der Waals surface area contributed by atoms with Crippen LogP contribution in [0.2, 0.25) is 0 Å². The Labute approximate surface area is 83.7 Å². The van der Waals surface area contributed by atoms with Gasteiger partial charge in [0, 0.05) is 12.4 Å². The average molecular weight is 215 g/mol. The smallest absolute Gasteiger partial charge is 0.267 e. The summed E-state index contributed by atoms with van der Waals surface area (Å²) in [5, 5.41) is -0.712. The molecule has 0 radical (unpaired) electrons. The van der Waals surface area contributed by atoms with Crippen LogP contribution >= 0.6 is 0 Å². The first-order valence-electron chi connectivity index (χ1n) is 4.35. The first kappa shape index (κ1) is 11.1. The van der Waals surface area contributed by atoms with Gasteiger partial charge in [0.05, 0.1) is 5.25 Å². The molecule has 0 aliphatic rings. The second-order valence-corrected chi connectivity index (χ2v) is 5.05. The van der Waals surface area contributed by atoms with Gasteiger partial charge in [0.2, 0.25) is 0 Å². The molecule has 0 saturated heterocycles. The van der Waals surface area contributed by atoms with Gasteiger partial charge in [-0.1, -0.05) is 0 Å². The standard InChI is InChI=1S/C9H13NO3S/c1-8(14(11,12)13)2-3-9-4-6-10-7-5-9/h4-8H,2-3H2,1H3,(H,11,12,13). The fourth-order valence-electron chi connectivity index (χ4n) is 1.07. The topological polar surface area (TPSA) is 67.3 Å². The zero-order valence-corrected chi connectivity index (χ0v) is 8.74. The van der Waals surface area contributed by atoms with Crippen molar-refractivity contribution in [1.82, 2.24) is 4.98 Å². The summed E-state index contributed by atoms with van der Waals surface area (Å²) in [6.07, 6.45) is 4.37. The fourth-order valence-corrected chi connectivity index (χ4v) is 1.48. The van der Waals surface area contributed by atoms with Crippen molar-refractivity contribution in [3.63, 3.8) is 0 Å². The van der Waals surface area contributed by atoms with Crippen LogP contribution in [0.5, 0.6) is 0 Å². The lowest BCUT2D eigenvalue weighted by atomic mass is 10.1. The highest BCUT2D eigenvalue weighted by Crippen LogP contribution is 2.08. The molecule has 4 nitrogen and oxygen atoms in total. The molecule has 0 amide bonds. The molecule has 0 fully saturated rings. The number of rotatable bonds is 4. The van der Waals surface area contributed by atoms with Crippen LogP contribution in [0.25, 0.3) is 0 Å². The Morgan fingerprint density at radius 2 is 2.00 bits per heavy atom. The lowest BCUT2D eigenvalue weighted by molar-refractivity contribution is 0.466. The van der Waals surface area contributed by atoms with Crippen molar-refractivity contribution in [3.8, 4) is 0 Å². The van der Waals surface area contributed by atoms with Crippen LogP contribution in [0.3, 0.4) is 0 Å². The summed E-state index contributed by atoms with van der Waals surface area (Å²) < 4.78 is 30.1. The van der Waals surface area contributed by atoms with E-state index >= 15 is 0 Å². The highest BCUT2D eigenvalue weighted by molar-refractivity contribution is 7.86. The summed E-state index contributed by atoms with van der Waals surface area (Å²) in [5.41, 5.74) is 1.02. The largest absolute Gasteiger partial charge is 0.285 e. The van der Waals surface area contributed by atoms with E-state index < -0.39 is 15.4 Å². The van der Waals surface area contributed by atoms with E-state index in [0.717, 1.165) is 5.56 Å². The monoisotopic (exact) mass is 215 g/mol. The molecular formula is C9H13NO3S. The van der Waals surface area contributed by atoms with Crippen molar-refractivity contribution < 1.29 is 13.0 Å². The van der Waals surface area contributed by atoms with Gasteiger partial charge in [0.1, 0.15) is 0 Å². The van der Waals surface area contributed by atoms with Crippen LogP contribution in [-0.4, -0.2) is 23.2 Å².